The molecule has 106 valence electrons. The first-order valence-corrected chi connectivity index (χ1v) is 7.17. The molecule has 3 rings (SSSR count). The SMILES string of the molecule is Nc1onc(-c2cccc(Cl)c2Cl)c1-c1ccccc1Cl. The van der Waals surface area contributed by atoms with E-state index in [1.165, 1.54) is 0 Å². The summed E-state index contributed by atoms with van der Waals surface area (Å²) in [5.41, 5.74) is 8.38. The third-order valence-electron chi connectivity index (χ3n) is 3.07. The van der Waals surface area contributed by atoms with E-state index in [1.807, 2.05) is 18.2 Å². The van der Waals surface area contributed by atoms with Crippen LogP contribution in [-0.2, 0) is 0 Å². The van der Waals surface area contributed by atoms with Gasteiger partial charge in [-0.3, -0.25) is 0 Å². The molecule has 2 N–H and O–H groups in total. The fourth-order valence-electron chi connectivity index (χ4n) is 2.10. The zero-order chi connectivity index (χ0) is 15.0. The van der Waals surface area contributed by atoms with E-state index in [9.17, 15) is 0 Å². The van der Waals surface area contributed by atoms with Crippen LogP contribution in [0.15, 0.2) is 47.0 Å². The second-order valence-electron chi connectivity index (χ2n) is 4.35. The molecule has 0 saturated carbocycles. The van der Waals surface area contributed by atoms with Crippen LogP contribution < -0.4 is 5.73 Å². The van der Waals surface area contributed by atoms with Crippen molar-refractivity contribution in [3.05, 3.63) is 57.5 Å². The zero-order valence-electron chi connectivity index (χ0n) is 10.6. The van der Waals surface area contributed by atoms with Gasteiger partial charge in [0.05, 0.1) is 15.6 Å². The van der Waals surface area contributed by atoms with E-state index in [0.717, 1.165) is 5.56 Å². The second kappa shape index (κ2) is 5.60. The van der Waals surface area contributed by atoms with Gasteiger partial charge in [-0.05, 0) is 12.1 Å². The van der Waals surface area contributed by atoms with Crippen LogP contribution in [0.1, 0.15) is 0 Å². The van der Waals surface area contributed by atoms with Gasteiger partial charge in [-0.15, -0.1) is 0 Å². The predicted octanol–water partition coefficient (Wildman–Crippen LogP) is 5.55. The summed E-state index contributed by atoms with van der Waals surface area (Å²) in [6, 6.07) is 12.6. The molecule has 3 nitrogen and oxygen atoms in total. The molecule has 0 aliphatic rings. The Kier molecular flexibility index (Phi) is 3.81. The van der Waals surface area contributed by atoms with Crippen molar-refractivity contribution in [2.24, 2.45) is 0 Å². The van der Waals surface area contributed by atoms with Crippen LogP contribution in [0.25, 0.3) is 22.4 Å². The highest BCUT2D eigenvalue weighted by atomic mass is 35.5. The summed E-state index contributed by atoms with van der Waals surface area (Å²) in [5, 5.41) is 5.37. The highest BCUT2D eigenvalue weighted by molar-refractivity contribution is 6.43. The Labute approximate surface area is 136 Å². The van der Waals surface area contributed by atoms with Crippen molar-refractivity contribution in [1.82, 2.24) is 5.16 Å². The van der Waals surface area contributed by atoms with E-state index < -0.39 is 0 Å². The van der Waals surface area contributed by atoms with Crippen LogP contribution in [0.4, 0.5) is 5.88 Å². The van der Waals surface area contributed by atoms with Gasteiger partial charge in [0.15, 0.2) is 0 Å². The van der Waals surface area contributed by atoms with Gasteiger partial charge < -0.3 is 10.3 Å². The molecule has 0 radical (unpaired) electrons. The van der Waals surface area contributed by atoms with Gasteiger partial charge in [0.2, 0.25) is 5.88 Å². The number of aromatic nitrogens is 1. The van der Waals surface area contributed by atoms with Gasteiger partial charge in [-0.1, -0.05) is 70.3 Å². The lowest BCUT2D eigenvalue weighted by molar-refractivity contribution is 0.439. The van der Waals surface area contributed by atoms with E-state index >= 15 is 0 Å². The average molecular weight is 340 g/mol. The summed E-state index contributed by atoms with van der Waals surface area (Å²) in [4.78, 5) is 0. The molecule has 0 saturated heterocycles. The fourth-order valence-corrected chi connectivity index (χ4v) is 2.72. The van der Waals surface area contributed by atoms with Gasteiger partial charge >= 0.3 is 0 Å². The topological polar surface area (TPSA) is 52.0 Å². The Morgan fingerprint density at radius 2 is 1.52 bits per heavy atom. The van der Waals surface area contributed by atoms with Crippen LogP contribution in [0.2, 0.25) is 15.1 Å². The Balaban J connectivity index is 2.28. The maximum Gasteiger partial charge on any atom is 0.230 e. The second-order valence-corrected chi connectivity index (χ2v) is 5.54. The molecule has 2 aromatic carbocycles. The minimum atomic E-state index is 0.175. The first kappa shape index (κ1) is 14.3. The number of anilines is 1. The van der Waals surface area contributed by atoms with E-state index in [0.29, 0.717) is 31.9 Å². The van der Waals surface area contributed by atoms with Gasteiger partial charge in [0.1, 0.15) is 5.69 Å². The van der Waals surface area contributed by atoms with E-state index in [-0.39, 0.29) is 5.88 Å². The van der Waals surface area contributed by atoms with Crippen molar-refractivity contribution < 1.29 is 4.52 Å². The van der Waals surface area contributed by atoms with Crippen LogP contribution in [-0.4, -0.2) is 5.16 Å². The first-order valence-electron chi connectivity index (χ1n) is 6.04. The Morgan fingerprint density at radius 3 is 2.29 bits per heavy atom. The van der Waals surface area contributed by atoms with Gasteiger partial charge in [-0.2, -0.15) is 0 Å². The Morgan fingerprint density at radius 1 is 0.857 bits per heavy atom. The molecule has 6 heteroatoms. The molecular formula is C15H9Cl3N2O. The molecular weight excluding hydrogens is 331 g/mol. The summed E-state index contributed by atoms with van der Waals surface area (Å²) < 4.78 is 5.12. The molecule has 0 amide bonds. The molecule has 0 aliphatic carbocycles. The van der Waals surface area contributed by atoms with Crippen molar-refractivity contribution in [2.45, 2.75) is 0 Å². The van der Waals surface area contributed by atoms with Crippen molar-refractivity contribution >= 4 is 40.7 Å². The van der Waals surface area contributed by atoms with Crippen LogP contribution in [0.5, 0.6) is 0 Å². The number of hydrogen-bond acceptors (Lipinski definition) is 3. The lowest BCUT2D eigenvalue weighted by Crippen LogP contribution is -1.89. The lowest BCUT2D eigenvalue weighted by Gasteiger charge is -2.07. The van der Waals surface area contributed by atoms with Crippen molar-refractivity contribution in [1.29, 1.82) is 0 Å². The minimum Gasteiger partial charge on any atom is -0.367 e. The Hall–Kier alpha value is -1.68. The molecule has 21 heavy (non-hydrogen) atoms. The van der Waals surface area contributed by atoms with Crippen LogP contribution in [0.3, 0.4) is 0 Å². The monoisotopic (exact) mass is 338 g/mol. The smallest absolute Gasteiger partial charge is 0.230 e. The molecule has 3 aromatic rings. The number of hydrogen-bond donors (Lipinski definition) is 1. The third-order valence-corrected chi connectivity index (χ3v) is 4.22. The number of benzene rings is 2. The Bertz CT molecular complexity index is 814. The molecule has 1 aromatic heterocycles. The molecule has 0 unspecified atom stereocenters. The summed E-state index contributed by atoms with van der Waals surface area (Å²) in [6.45, 7) is 0. The van der Waals surface area contributed by atoms with Crippen LogP contribution >= 0.6 is 34.8 Å². The number of rotatable bonds is 2. The summed E-state index contributed by atoms with van der Waals surface area (Å²) in [5.74, 6) is 0.175. The zero-order valence-corrected chi connectivity index (χ0v) is 12.9. The normalized spacial score (nSPS) is 10.8. The largest absolute Gasteiger partial charge is 0.367 e. The predicted molar refractivity (Wildman–Crippen MR) is 86.8 cm³/mol. The number of nitrogen functional groups attached to an aromatic ring is 1. The molecule has 0 aliphatic heterocycles. The summed E-state index contributed by atoms with van der Waals surface area (Å²) >= 11 is 18.5. The summed E-state index contributed by atoms with van der Waals surface area (Å²) in [7, 11) is 0. The quantitative estimate of drug-likeness (QED) is 0.666. The minimum absolute atomic E-state index is 0.175. The van der Waals surface area contributed by atoms with Crippen molar-refractivity contribution in [3.8, 4) is 22.4 Å². The van der Waals surface area contributed by atoms with E-state index in [4.69, 9.17) is 45.1 Å². The van der Waals surface area contributed by atoms with Crippen molar-refractivity contribution in [2.75, 3.05) is 5.73 Å². The van der Waals surface area contributed by atoms with E-state index in [1.54, 1.807) is 24.3 Å². The average Bonchev–Trinajstić information content (AvgIpc) is 2.84. The van der Waals surface area contributed by atoms with Crippen molar-refractivity contribution in [3.63, 3.8) is 0 Å². The van der Waals surface area contributed by atoms with Gasteiger partial charge in [0, 0.05) is 16.1 Å². The maximum atomic E-state index is 6.25. The molecule has 0 bridgehead atoms. The standard InChI is InChI=1S/C15H9Cl3N2O/c16-10-6-2-1-4-8(10)12-14(20-21-15(12)19)9-5-3-7-11(17)13(9)18/h1-7H,19H2. The van der Waals surface area contributed by atoms with Gasteiger partial charge in [-0.25, -0.2) is 0 Å². The summed E-state index contributed by atoms with van der Waals surface area (Å²) in [6.07, 6.45) is 0. The first-order chi connectivity index (χ1) is 10.1. The highest BCUT2D eigenvalue weighted by Gasteiger charge is 2.21. The van der Waals surface area contributed by atoms with Gasteiger partial charge in [0.25, 0.3) is 0 Å². The molecule has 1 heterocycles. The maximum absolute atomic E-state index is 6.25. The third kappa shape index (κ3) is 2.48. The molecule has 0 fully saturated rings. The fraction of sp³-hybridized carbons (Fsp3) is 0. The number of nitrogens with two attached hydrogens (primary N) is 1. The number of nitrogens with zero attached hydrogens (tertiary/aromatic N) is 1. The highest BCUT2D eigenvalue weighted by Crippen LogP contribution is 2.42. The van der Waals surface area contributed by atoms with E-state index in [2.05, 4.69) is 5.16 Å². The molecule has 0 spiro atoms. The van der Waals surface area contributed by atoms with Crippen LogP contribution in [0, 0.1) is 0 Å². The number of halogens is 3. The lowest BCUT2D eigenvalue weighted by atomic mass is 10.0. The molecule has 0 atom stereocenters.